The van der Waals surface area contributed by atoms with Crippen molar-refractivity contribution in [1.82, 2.24) is 4.90 Å². The molecule has 0 saturated heterocycles. The van der Waals surface area contributed by atoms with Gasteiger partial charge in [0.2, 0.25) is 0 Å². The molecular formula is C19H22N2O5. The van der Waals surface area contributed by atoms with Gasteiger partial charge in [0.15, 0.2) is 11.5 Å². The summed E-state index contributed by atoms with van der Waals surface area (Å²) >= 11 is 0. The minimum Gasteiger partial charge on any atom is -0.493 e. The number of rotatable bonds is 8. The van der Waals surface area contributed by atoms with E-state index in [-0.39, 0.29) is 11.6 Å². The number of non-ortho nitro benzene ring substituents is 1. The van der Waals surface area contributed by atoms with Crippen molar-refractivity contribution in [2.24, 2.45) is 0 Å². The first-order valence-corrected chi connectivity index (χ1v) is 8.33. The van der Waals surface area contributed by atoms with Crippen molar-refractivity contribution in [2.75, 3.05) is 20.3 Å². The van der Waals surface area contributed by atoms with E-state index in [0.717, 1.165) is 5.56 Å². The van der Waals surface area contributed by atoms with E-state index in [4.69, 9.17) is 9.47 Å². The van der Waals surface area contributed by atoms with Crippen LogP contribution >= 0.6 is 0 Å². The topological polar surface area (TPSA) is 81.9 Å². The van der Waals surface area contributed by atoms with E-state index in [9.17, 15) is 14.9 Å². The molecule has 2 rings (SSSR count). The first-order chi connectivity index (χ1) is 12.5. The summed E-state index contributed by atoms with van der Waals surface area (Å²) in [6, 6.07) is 11.3. The van der Waals surface area contributed by atoms with E-state index in [1.54, 1.807) is 18.1 Å². The summed E-state index contributed by atoms with van der Waals surface area (Å²) in [5, 5.41) is 10.9. The highest BCUT2D eigenvalue weighted by molar-refractivity contribution is 5.94. The molecule has 0 unspecified atom stereocenters. The molecule has 0 aliphatic heterocycles. The Morgan fingerprint density at radius 3 is 2.54 bits per heavy atom. The lowest BCUT2D eigenvalue weighted by Gasteiger charge is -2.21. The van der Waals surface area contributed by atoms with Crippen LogP contribution in [0.3, 0.4) is 0 Å². The van der Waals surface area contributed by atoms with Gasteiger partial charge in [-0.15, -0.1) is 0 Å². The van der Waals surface area contributed by atoms with Gasteiger partial charge in [-0.1, -0.05) is 12.1 Å². The van der Waals surface area contributed by atoms with Crippen molar-refractivity contribution in [3.05, 3.63) is 63.7 Å². The number of carbonyl (C=O) groups excluding carboxylic acids is 1. The van der Waals surface area contributed by atoms with Crippen LogP contribution in [0.1, 0.15) is 29.8 Å². The quantitative estimate of drug-likeness (QED) is 0.531. The lowest BCUT2D eigenvalue weighted by Crippen LogP contribution is -2.30. The number of hydrogen-bond donors (Lipinski definition) is 0. The van der Waals surface area contributed by atoms with Gasteiger partial charge in [0.25, 0.3) is 11.6 Å². The van der Waals surface area contributed by atoms with E-state index < -0.39 is 4.92 Å². The van der Waals surface area contributed by atoms with Gasteiger partial charge in [0, 0.05) is 30.8 Å². The number of methoxy groups -OCH3 is 1. The molecule has 2 aromatic carbocycles. The molecule has 0 atom stereocenters. The molecule has 0 aromatic heterocycles. The standard InChI is InChI=1S/C19H22N2O5/c1-4-20(19(22)15-7-6-8-16(12-15)21(23)24)13-14-9-10-17(26-5-2)18(11-14)25-3/h6-12H,4-5,13H2,1-3H3. The third kappa shape index (κ3) is 4.50. The number of nitro groups is 1. The Morgan fingerprint density at radius 1 is 1.15 bits per heavy atom. The fraction of sp³-hybridized carbons (Fsp3) is 0.316. The zero-order valence-electron chi connectivity index (χ0n) is 15.1. The maximum atomic E-state index is 12.7. The fourth-order valence-corrected chi connectivity index (χ4v) is 2.57. The number of nitro benzene ring substituents is 1. The maximum absolute atomic E-state index is 12.7. The summed E-state index contributed by atoms with van der Waals surface area (Å²) in [6.07, 6.45) is 0. The van der Waals surface area contributed by atoms with E-state index in [1.165, 1.54) is 18.2 Å². The van der Waals surface area contributed by atoms with Crippen LogP contribution in [0.2, 0.25) is 0 Å². The number of hydrogen-bond acceptors (Lipinski definition) is 5. The summed E-state index contributed by atoms with van der Waals surface area (Å²) in [5.41, 5.74) is 1.07. The smallest absolute Gasteiger partial charge is 0.270 e. The zero-order chi connectivity index (χ0) is 19.1. The fourth-order valence-electron chi connectivity index (χ4n) is 2.57. The molecular weight excluding hydrogens is 336 g/mol. The van der Waals surface area contributed by atoms with Crippen LogP contribution in [-0.2, 0) is 6.54 Å². The Hall–Kier alpha value is -3.09. The number of nitrogens with zero attached hydrogens (tertiary/aromatic N) is 2. The zero-order valence-corrected chi connectivity index (χ0v) is 15.1. The molecule has 0 radical (unpaired) electrons. The summed E-state index contributed by atoms with van der Waals surface area (Å²) in [5.74, 6) is 0.985. The molecule has 0 heterocycles. The summed E-state index contributed by atoms with van der Waals surface area (Å²) in [6.45, 7) is 5.12. The van der Waals surface area contributed by atoms with E-state index in [1.807, 2.05) is 32.0 Å². The van der Waals surface area contributed by atoms with Crippen LogP contribution in [0, 0.1) is 10.1 Å². The normalized spacial score (nSPS) is 10.3. The average molecular weight is 358 g/mol. The molecule has 0 bridgehead atoms. The second-order valence-electron chi connectivity index (χ2n) is 5.54. The van der Waals surface area contributed by atoms with Crippen molar-refractivity contribution in [3.8, 4) is 11.5 Å². The Bertz CT molecular complexity index is 791. The maximum Gasteiger partial charge on any atom is 0.270 e. The summed E-state index contributed by atoms with van der Waals surface area (Å²) in [7, 11) is 1.56. The van der Waals surface area contributed by atoms with Crippen molar-refractivity contribution in [2.45, 2.75) is 20.4 Å². The van der Waals surface area contributed by atoms with Crippen molar-refractivity contribution >= 4 is 11.6 Å². The summed E-state index contributed by atoms with van der Waals surface area (Å²) in [4.78, 5) is 24.8. The van der Waals surface area contributed by atoms with Gasteiger partial charge in [-0.05, 0) is 37.6 Å². The minimum atomic E-state index is -0.510. The van der Waals surface area contributed by atoms with Gasteiger partial charge >= 0.3 is 0 Å². The highest BCUT2D eigenvalue weighted by Gasteiger charge is 2.18. The number of carbonyl (C=O) groups is 1. The lowest BCUT2D eigenvalue weighted by atomic mass is 10.1. The van der Waals surface area contributed by atoms with Crippen LogP contribution < -0.4 is 9.47 Å². The molecule has 7 nitrogen and oxygen atoms in total. The number of benzene rings is 2. The SMILES string of the molecule is CCOc1ccc(CN(CC)C(=O)c2cccc([N+](=O)[O-])c2)cc1OC. The van der Waals surface area contributed by atoms with Gasteiger partial charge in [-0.25, -0.2) is 0 Å². The Kier molecular flexibility index (Phi) is 6.54. The predicted molar refractivity (Wildman–Crippen MR) is 97.7 cm³/mol. The molecule has 7 heteroatoms. The largest absolute Gasteiger partial charge is 0.493 e. The highest BCUT2D eigenvalue weighted by Crippen LogP contribution is 2.28. The van der Waals surface area contributed by atoms with Crippen LogP contribution in [0.4, 0.5) is 5.69 Å². The van der Waals surface area contributed by atoms with Gasteiger partial charge < -0.3 is 14.4 Å². The van der Waals surface area contributed by atoms with Crippen LogP contribution in [0.5, 0.6) is 11.5 Å². The molecule has 0 aliphatic rings. The Labute approximate surface area is 152 Å². The molecule has 0 spiro atoms. The minimum absolute atomic E-state index is 0.102. The Balaban J connectivity index is 2.22. The predicted octanol–water partition coefficient (Wildman–Crippen LogP) is 3.66. The van der Waals surface area contributed by atoms with Crippen molar-refractivity contribution < 1.29 is 19.2 Å². The van der Waals surface area contributed by atoms with Crippen LogP contribution in [0.25, 0.3) is 0 Å². The van der Waals surface area contributed by atoms with Crippen LogP contribution in [-0.4, -0.2) is 36.0 Å². The molecule has 0 fully saturated rings. The highest BCUT2D eigenvalue weighted by atomic mass is 16.6. The van der Waals surface area contributed by atoms with E-state index in [2.05, 4.69) is 0 Å². The van der Waals surface area contributed by atoms with Gasteiger partial charge in [-0.2, -0.15) is 0 Å². The van der Waals surface area contributed by atoms with E-state index in [0.29, 0.717) is 36.8 Å². The number of ether oxygens (including phenoxy) is 2. The molecule has 0 aliphatic carbocycles. The Morgan fingerprint density at radius 2 is 1.92 bits per heavy atom. The summed E-state index contributed by atoms with van der Waals surface area (Å²) < 4.78 is 10.8. The molecule has 138 valence electrons. The van der Waals surface area contributed by atoms with Gasteiger partial charge in [-0.3, -0.25) is 14.9 Å². The van der Waals surface area contributed by atoms with Gasteiger partial charge in [0.05, 0.1) is 18.6 Å². The van der Waals surface area contributed by atoms with Gasteiger partial charge in [0.1, 0.15) is 0 Å². The number of amides is 1. The second kappa shape index (κ2) is 8.84. The van der Waals surface area contributed by atoms with Crippen molar-refractivity contribution in [3.63, 3.8) is 0 Å². The third-order valence-electron chi connectivity index (χ3n) is 3.87. The molecule has 2 aromatic rings. The third-order valence-corrected chi connectivity index (χ3v) is 3.87. The van der Waals surface area contributed by atoms with E-state index >= 15 is 0 Å². The first kappa shape index (κ1) is 19.2. The van der Waals surface area contributed by atoms with Crippen LogP contribution in [0.15, 0.2) is 42.5 Å². The van der Waals surface area contributed by atoms with Crippen molar-refractivity contribution in [1.29, 1.82) is 0 Å². The second-order valence-corrected chi connectivity index (χ2v) is 5.54. The first-order valence-electron chi connectivity index (χ1n) is 8.33. The molecule has 0 saturated carbocycles. The monoisotopic (exact) mass is 358 g/mol. The molecule has 26 heavy (non-hydrogen) atoms. The average Bonchev–Trinajstić information content (AvgIpc) is 2.66. The molecule has 0 N–H and O–H groups in total. The molecule has 1 amide bonds. The lowest BCUT2D eigenvalue weighted by molar-refractivity contribution is -0.384.